The number of nitrogens with zero attached hydrogens (tertiary/aromatic N) is 1. The van der Waals surface area contributed by atoms with E-state index >= 15 is 0 Å². The van der Waals surface area contributed by atoms with E-state index in [4.69, 9.17) is 0 Å². The molecule has 1 atom stereocenters. The van der Waals surface area contributed by atoms with E-state index in [0.717, 1.165) is 0 Å². The summed E-state index contributed by atoms with van der Waals surface area (Å²) >= 11 is 0. The minimum atomic E-state index is 0.415. The molecule has 0 radical (unpaired) electrons. The molecule has 2 rings (SSSR count). The summed E-state index contributed by atoms with van der Waals surface area (Å²) in [6.07, 6.45) is 6.95. The lowest BCUT2D eigenvalue weighted by atomic mass is 9.96. The monoisotopic (exact) mass is 202 g/mol. The number of hydrazone groups is 1. The van der Waals surface area contributed by atoms with E-state index in [-0.39, 0.29) is 0 Å². The van der Waals surface area contributed by atoms with Crippen molar-refractivity contribution in [3.8, 4) is 0 Å². The fourth-order valence-electron chi connectivity index (χ4n) is 2.03. The highest BCUT2D eigenvalue weighted by Crippen LogP contribution is 2.24. The van der Waals surface area contributed by atoms with Crippen LogP contribution in [0.25, 0.3) is 0 Å². The van der Waals surface area contributed by atoms with E-state index < -0.39 is 0 Å². The molecule has 0 fully saturated rings. The van der Waals surface area contributed by atoms with Crippen LogP contribution in [-0.4, -0.2) is 6.21 Å². The molecule has 0 aromatic heterocycles. The van der Waals surface area contributed by atoms with Crippen LogP contribution in [0.15, 0.2) is 29.4 Å². The largest absolute Gasteiger partial charge is 0.303 e. The van der Waals surface area contributed by atoms with Crippen molar-refractivity contribution in [1.82, 2.24) is 5.43 Å². The lowest BCUT2D eigenvalue weighted by Crippen LogP contribution is -2.21. The van der Waals surface area contributed by atoms with Crippen LogP contribution in [0.5, 0.6) is 0 Å². The van der Waals surface area contributed by atoms with Gasteiger partial charge in [-0.2, -0.15) is 5.10 Å². The summed E-state index contributed by atoms with van der Waals surface area (Å²) < 4.78 is 0. The molecular weight excluding hydrogens is 184 g/mol. The summed E-state index contributed by atoms with van der Waals surface area (Å²) in [7, 11) is 0. The van der Waals surface area contributed by atoms with E-state index in [0.29, 0.717) is 6.04 Å². The fourth-order valence-corrected chi connectivity index (χ4v) is 2.03. The van der Waals surface area contributed by atoms with Gasteiger partial charge in [0.1, 0.15) is 0 Å². The van der Waals surface area contributed by atoms with Gasteiger partial charge in [-0.15, -0.1) is 0 Å². The number of hydrogen-bond donors (Lipinski definition) is 1. The van der Waals surface area contributed by atoms with E-state index in [1.165, 1.54) is 36.8 Å². The predicted octanol–water partition coefficient (Wildman–Crippen LogP) is 3.25. The lowest BCUT2D eigenvalue weighted by Gasteiger charge is -2.22. The van der Waals surface area contributed by atoms with E-state index in [1.54, 1.807) is 0 Å². The van der Waals surface area contributed by atoms with Crippen LogP contribution < -0.4 is 5.43 Å². The Kier molecular flexibility index (Phi) is 3.38. The summed E-state index contributed by atoms with van der Waals surface area (Å²) in [5.74, 6) is 0. The molecule has 0 amide bonds. The van der Waals surface area contributed by atoms with Gasteiger partial charge in [0.15, 0.2) is 0 Å². The second-order valence-corrected chi connectivity index (χ2v) is 4.06. The van der Waals surface area contributed by atoms with Gasteiger partial charge in [-0.1, -0.05) is 50.5 Å². The van der Waals surface area contributed by atoms with Crippen LogP contribution in [0, 0.1) is 0 Å². The third kappa shape index (κ3) is 2.38. The molecule has 0 aliphatic carbocycles. The lowest BCUT2D eigenvalue weighted by molar-refractivity contribution is 0.484. The predicted molar refractivity (Wildman–Crippen MR) is 64.1 cm³/mol. The van der Waals surface area contributed by atoms with Gasteiger partial charge in [-0.3, -0.25) is 0 Å². The Balaban J connectivity index is 2.05. The Hall–Kier alpha value is -1.31. The topological polar surface area (TPSA) is 24.4 Å². The third-order valence-electron chi connectivity index (χ3n) is 2.90. The third-order valence-corrected chi connectivity index (χ3v) is 2.90. The van der Waals surface area contributed by atoms with Crippen LogP contribution in [0.2, 0.25) is 0 Å². The van der Waals surface area contributed by atoms with Gasteiger partial charge < -0.3 is 5.43 Å². The molecule has 1 aromatic rings. The van der Waals surface area contributed by atoms with Gasteiger partial charge in [-0.25, -0.2) is 0 Å². The molecule has 1 aliphatic heterocycles. The van der Waals surface area contributed by atoms with Crippen LogP contribution in [0.4, 0.5) is 0 Å². The normalized spacial score (nSPS) is 18.3. The molecule has 0 saturated heterocycles. The van der Waals surface area contributed by atoms with Crippen molar-refractivity contribution in [1.29, 1.82) is 0 Å². The van der Waals surface area contributed by atoms with E-state index in [2.05, 4.69) is 41.7 Å². The first kappa shape index (κ1) is 10.2. The van der Waals surface area contributed by atoms with E-state index in [1.807, 2.05) is 6.21 Å². The zero-order chi connectivity index (χ0) is 10.5. The number of nitrogens with one attached hydrogen (secondary N) is 1. The molecule has 1 heterocycles. The van der Waals surface area contributed by atoms with Crippen molar-refractivity contribution in [2.75, 3.05) is 0 Å². The van der Waals surface area contributed by atoms with Crippen molar-refractivity contribution in [2.24, 2.45) is 5.10 Å². The summed E-state index contributed by atoms with van der Waals surface area (Å²) in [5, 5.41) is 4.20. The van der Waals surface area contributed by atoms with Crippen molar-refractivity contribution < 1.29 is 0 Å². The van der Waals surface area contributed by atoms with Crippen LogP contribution in [0.1, 0.15) is 49.8 Å². The van der Waals surface area contributed by atoms with Crippen LogP contribution in [-0.2, 0) is 0 Å². The van der Waals surface area contributed by atoms with Crippen LogP contribution >= 0.6 is 0 Å². The second kappa shape index (κ2) is 4.96. The average molecular weight is 202 g/mol. The Morgan fingerprint density at radius 3 is 3.00 bits per heavy atom. The first-order valence-electron chi connectivity index (χ1n) is 5.79. The summed E-state index contributed by atoms with van der Waals surface area (Å²) in [6, 6.07) is 8.92. The molecule has 2 nitrogen and oxygen atoms in total. The fraction of sp³-hybridized carbons (Fsp3) is 0.462. The van der Waals surface area contributed by atoms with Crippen molar-refractivity contribution >= 4 is 6.21 Å². The average Bonchev–Trinajstić information content (AvgIpc) is 2.30. The molecule has 1 aromatic carbocycles. The first-order valence-corrected chi connectivity index (χ1v) is 5.79. The number of hydrogen-bond acceptors (Lipinski definition) is 2. The zero-order valence-corrected chi connectivity index (χ0v) is 9.24. The summed E-state index contributed by atoms with van der Waals surface area (Å²) in [6.45, 7) is 2.24. The molecular formula is C13H18N2. The SMILES string of the molecule is CCCCCC1NN=Cc2ccccc21. The number of fused-ring (bicyclic) bond motifs is 1. The number of benzene rings is 1. The van der Waals surface area contributed by atoms with Gasteiger partial charge >= 0.3 is 0 Å². The second-order valence-electron chi connectivity index (χ2n) is 4.06. The minimum absolute atomic E-state index is 0.415. The van der Waals surface area contributed by atoms with Gasteiger partial charge in [0.25, 0.3) is 0 Å². The number of unbranched alkanes of at least 4 members (excludes halogenated alkanes) is 2. The Labute approximate surface area is 91.4 Å². The van der Waals surface area contributed by atoms with Crippen molar-refractivity contribution in [2.45, 2.75) is 38.6 Å². The minimum Gasteiger partial charge on any atom is -0.303 e. The maximum atomic E-state index is 4.20. The highest BCUT2D eigenvalue weighted by molar-refractivity contribution is 5.82. The smallest absolute Gasteiger partial charge is 0.0695 e. The molecule has 2 heteroatoms. The molecule has 1 aliphatic rings. The van der Waals surface area contributed by atoms with Crippen molar-refractivity contribution in [3.63, 3.8) is 0 Å². The summed E-state index contributed by atoms with van der Waals surface area (Å²) in [4.78, 5) is 0. The number of rotatable bonds is 4. The molecule has 80 valence electrons. The van der Waals surface area contributed by atoms with Gasteiger partial charge in [0, 0.05) is 0 Å². The Bertz CT molecular complexity index is 344. The summed E-state index contributed by atoms with van der Waals surface area (Å²) in [5.41, 5.74) is 5.86. The van der Waals surface area contributed by atoms with Crippen LogP contribution in [0.3, 0.4) is 0 Å². The highest BCUT2D eigenvalue weighted by atomic mass is 15.3. The van der Waals surface area contributed by atoms with Gasteiger partial charge in [-0.05, 0) is 17.5 Å². The van der Waals surface area contributed by atoms with Crippen molar-refractivity contribution in [3.05, 3.63) is 35.4 Å². The standard InChI is InChI=1S/C13H18N2/c1-2-3-4-9-13-12-8-6-5-7-11(12)10-14-15-13/h5-8,10,13,15H,2-4,9H2,1H3. The first-order chi connectivity index (χ1) is 7.42. The quantitative estimate of drug-likeness (QED) is 0.745. The molecule has 1 unspecified atom stereocenters. The molecule has 0 saturated carbocycles. The maximum Gasteiger partial charge on any atom is 0.0695 e. The molecule has 0 bridgehead atoms. The van der Waals surface area contributed by atoms with Gasteiger partial charge in [0.05, 0.1) is 12.3 Å². The van der Waals surface area contributed by atoms with E-state index in [9.17, 15) is 0 Å². The molecule has 0 spiro atoms. The Morgan fingerprint density at radius 2 is 2.13 bits per heavy atom. The molecule has 15 heavy (non-hydrogen) atoms. The highest BCUT2D eigenvalue weighted by Gasteiger charge is 2.15. The molecule has 1 N–H and O–H groups in total. The Morgan fingerprint density at radius 1 is 1.27 bits per heavy atom. The van der Waals surface area contributed by atoms with Gasteiger partial charge in [0.2, 0.25) is 0 Å². The zero-order valence-electron chi connectivity index (χ0n) is 9.24. The maximum absolute atomic E-state index is 4.20.